The van der Waals surface area contributed by atoms with E-state index in [1.54, 1.807) is 0 Å². The number of nitrogens with one attached hydrogen (secondary N) is 1. The van der Waals surface area contributed by atoms with Crippen LogP contribution in [0.4, 0.5) is 0 Å². The predicted octanol–water partition coefficient (Wildman–Crippen LogP) is 1.19. The Hall–Kier alpha value is -0.570. The normalized spacial score (nSPS) is 27.5. The SMILES string of the molecule is CCC[C@@H]1CNC[C@H]1C(=O)OCC. The van der Waals surface area contributed by atoms with Crippen LogP contribution in [0.1, 0.15) is 26.7 Å². The van der Waals surface area contributed by atoms with Gasteiger partial charge in [-0.15, -0.1) is 0 Å². The Morgan fingerprint density at radius 1 is 1.46 bits per heavy atom. The molecule has 1 aliphatic heterocycles. The number of ether oxygens (including phenoxy) is 1. The molecule has 1 rings (SSSR count). The first-order valence-corrected chi connectivity index (χ1v) is 5.16. The molecule has 76 valence electrons. The summed E-state index contributed by atoms with van der Waals surface area (Å²) in [4.78, 5) is 11.5. The lowest BCUT2D eigenvalue weighted by molar-refractivity contribution is -0.148. The van der Waals surface area contributed by atoms with E-state index in [0.717, 1.165) is 25.9 Å². The predicted molar refractivity (Wildman–Crippen MR) is 51.4 cm³/mol. The first-order valence-electron chi connectivity index (χ1n) is 5.16. The van der Waals surface area contributed by atoms with E-state index in [0.29, 0.717) is 12.5 Å². The Morgan fingerprint density at radius 3 is 2.85 bits per heavy atom. The van der Waals surface area contributed by atoms with Crippen LogP contribution >= 0.6 is 0 Å². The summed E-state index contributed by atoms with van der Waals surface area (Å²) in [5.41, 5.74) is 0. The number of carbonyl (C=O) groups is 1. The molecule has 0 saturated carbocycles. The smallest absolute Gasteiger partial charge is 0.310 e. The van der Waals surface area contributed by atoms with E-state index in [1.807, 2.05) is 6.92 Å². The average molecular weight is 185 g/mol. The van der Waals surface area contributed by atoms with Crippen LogP contribution in [-0.4, -0.2) is 25.7 Å². The lowest BCUT2D eigenvalue weighted by Crippen LogP contribution is -2.25. The van der Waals surface area contributed by atoms with Gasteiger partial charge in [-0.25, -0.2) is 0 Å². The van der Waals surface area contributed by atoms with Crippen molar-refractivity contribution in [2.24, 2.45) is 11.8 Å². The molecular weight excluding hydrogens is 166 g/mol. The number of hydrogen-bond donors (Lipinski definition) is 1. The molecule has 3 nitrogen and oxygen atoms in total. The molecule has 0 bridgehead atoms. The average Bonchev–Trinajstić information content (AvgIpc) is 2.54. The van der Waals surface area contributed by atoms with Crippen LogP contribution in [0.2, 0.25) is 0 Å². The van der Waals surface area contributed by atoms with Crippen molar-refractivity contribution in [3.05, 3.63) is 0 Å². The fraction of sp³-hybridized carbons (Fsp3) is 0.900. The fourth-order valence-corrected chi connectivity index (χ4v) is 1.93. The minimum atomic E-state index is -0.0223. The fourth-order valence-electron chi connectivity index (χ4n) is 1.93. The van der Waals surface area contributed by atoms with Gasteiger partial charge in [-0.1, -0.05) is 13.3 Å². The van der Waals surface area contributed by atoms with Gasteiger partial charge in [0, 0.05) is 6.54 Å². The zero-order valence-corrected chi connectivity index (χ0v) is 8.51. The Bertz CT molecular complexity index is 170. The summed E-state index contributed by atoms with van der Waals surface area (Å²) < 4.78 is 5.02. The highest BCUT2D eigenvalue weighted by molar-refractivity contribution is 5.73. The van der Waals surface area contributed by atoms with Crippen molar-refractivity contribution >= 4 is 5.97 Å². The maximum atomic E-state index is 11.5. The van der Waals surface area contributed by atoms with E-state index in [1.165, 1.54) is 0 Å². The molecule has 0 aromatic carbocycles. The quantitative estimate of drug-likeness (QED) is 0.668. The third-order valence-corrected chi connectivity index (χ3v) is 2.59. The van der Waals surface area contributed by atoms with Gasteiger partial charge >= 0.3 is 5.97 Å². The van der Waals surface area contributed by atoms with E-state index in [2.05, 4.69) is 12.2 Å². The summed E-state index contributed by atoms with van der Waals surface area (Å²) in [6.45, 7) is 6.27. The summed E-state index contributed by atoms with van der Waals surface area (Å²) in [7, 11) is 0. The van der Waals surface area contributed by atoms with Crippen LogP contribution < -0.4 is 5.32 Å². The molecular formula is C10H19NO2. The third-order valence-electron chi connectivity index (χ3n) is 2.59. The van der Waals surface area contributed by atoms with Crippen molar-refractivity contribution in [1.82, 2.24) is 5.32 Å². The van der Waals surface area contributed by atoms with Gasteiger partial charge in [0.1, 0.15) is 0 Å². The first kappa shape index (κ1) is 10.5. The molecule has 0 aliphatic carbocycles. The summed E-state index contributed by atoms with van der Waals surface area (Å²) in [5, 5.41) is 3.25. The monoisotopic (exact) mass is 185 g/mol. The summed E-state index contributed by atoms with van der Waals surface area (Å²) in [5.74, 6) is 0.565. The Morgan fingerprint density at radius 2 is 2.23 bits per heavy atom. The van der Waals surface area contributed by atoms with Crippen LogP contribution in [0.3, 0.4) is 0 Å². The summed E-state index contributed by atoms with van der Waals surface area (Å²) >= 11 is 0. The molecule has 1 N–H and O–H groups in total. The van der Waals surface area contributed by atoms with Crippen molar-refractivity contribution in [3.8, 4) is 0 Å². The number of rotatable bonds is 4. The highest BCUT2D eigenvalue weighted by Crippen LogP contribution is 2.22. The van der Waals surface area contributed by atoms with Crippen LogP contribution in [0.15, 0.2) is 0 Å². The van der Waals surface area contributed by atoms with Crippen molar-refractivity contribution in [1.29, 1.82) is 0 Å². The molecule has 13 heavy (non-hydrogen) atoms. The van der Waals surface area contributed by atoms with E-state index in [4.69, 9.17) is 4.74 Å². The van der Waals surface area contributed by atoms with Crippen molar-refractivity contribution in [3.63, 3.8) is 0 Å². The first-order chi connectivity index (χ1) is 6.29. The van der Waals surface area contributed by atoms with Crippen LogP contribution in [0.5, 0.6) is 0 Å². The Labute approximate surface area is 79.8 Å². The number of carbonyl (C=O) groups excluding carboxylic acids is 1. The second kappa shape index (κ2) is 5.22. The molecule has 1 fully saturated rings. The van der Waals surface area contributed by atoms with Gasteiger partial charge in [-0.05, 0) is 25.8 Å². The Balaban J connectivity index is 2.42. The van der Waals surface area contributed by atoms with Gasteiger partial charge in [0.2, 0.25) is 0 Å². The zero-order valence-electron chi connectivity index (χ0n) is 8.51. The van der Waals surface area contributed by atoms with E-state index < -0.39 is 0 Å². The topological polar surface area (TPSA) is 38.3 Å². The standard InChI is InChI=1S/C10H19NO2/c1-3-5-8-6-11-7-9(8)10(12)13-4-2/h8-9,11H,3-7H2,1-2H3/t8-,9-/m1/s1. The molecule has 3 heteroatoms. The Kier molecular flexibility index (Phi) is 4.22. The van der Waals surface area contributed by atoms with Crippen molar-refractivity contribution < 1.29 is 9.53 Å². The van der Waals surface area contributed by atoms with E-state index in [-0.39, 0.29) is 11.9 Å². The highest BCUT2D eigenvalue weighted by Gasteiger charge is 2.32. The zero-order chi connectivity index (χ0) is 9.68. The largest absolute Gasteiger partial charge is 0.466 e. The number of esters is 1. The molecule has 2 atom stereocenters. The van der Waals surface area contributed by atoms with Crippen LogP contribution in [0.25, 0.3) is 0 Å². The highest BCUT2D eigenvalue weighted by atomic mass is 16.5. The molecule has 0 radical (unpaired) electrons. The van der Waals surface area contributed by atoms with Gasteiger partial charge in [0.05, 0.1) is 12.5 Å². The molecule has 1 saturated heterocycles. The third kappa shape index (κ3) is 2.69. The van der Waals surface area contributed by atoms with Crippen LogP contribution in [-0.2, 0) is 9.53 Å². The second-order valence-corrected chi connectivity index (χ2v) is 3.57. The molecule has 1 aliphatic rings. The maximum Gasteiger partial charge on any atom is 0.310 e. The molecule has 0 unspecified atom stereocenters. The molecule has 0 amide bonds. The lowest BCUT2D eigenvalue weighted by Gasteiger charge is -2.15. The van der Waals surface area contributed by atoms with Gasteiger partial charge in [0.25, 0.3) is 0 Å². The lowest BCUT2D eigenvalue weighted by atomic mass is 9.92. The molecule has 1 heterocycles. The van der Waals surface area contributed by atoms with Crippen molar-refractivity contribution in [2.45, 2.75) is 26.7 Å². The van der Waals surface area contributed by atoms with Gasteiger partial charge in [-0.3, -0.25) is 4.79 Å². The molecule has 0 spiro atoms. The maximum absolute atomic E-state index is 11.5. The van der Waals surface area contributed by atoms with Crippen molar-refractivity contribution in [2.75, 3.05) is 19.7 Å². The molecule has 0 aromatic rings. The number of hydrogen-bond acceptors (Lipinski definition) is 3. The van der Waals surface area contributed by atoms with Gasteiger partial charge in [0.15, 0.2) is 0 Å². The minimum absolute atomic E-state index is 0.0223. The minimum Gasteiger partial charge on any atom is -0.466 e. The van der Waals surface area contributed by atoms with Gasteiger partial charge < -0.3 is 10.1 Å². The van der Waals surface area contributed by atoms with Crippen LogP contribution in [0, 0.1) is 11.8 Å². The van der Waals surface area contributed by atoms with Gasteiger partial charge in [-0.2, -0.15) is 0 Å². The second-order valence-electron chi connectivity index (χ2n) is 3.57. The van der Waals surface area contributed by atoms with E-state index >= 15 is 0 Å². The molecule has 0 aromatic heterocycles. The van der Waals surface area contributed by atoms with E-state index in [9.17, 15) is 4.79 Å². The summed E-state index contributed by atoms with van der Waals surface area (Å²) in [6, 6.07) is 0. The summed E-state index contributed by atoms with van der Waals surface area (Å²) in [6.07, 6.45) is 2.26.